The number of ether oxygens (including phenoxy) is 3. The maximum absolute atomic E-state index is 11.2. The Labute approximate surface area is 109 Å². The smallest absolute Gasteiger partial charge is 0.336 e. The molecular formula is C14H14O5. The Morgan fingerprint density at radius 1 is 1.26 bits per heavy atom. The zero-order valence-electron chi connectivity index (χ0n) is 10.5. The molecule has 1 aliphatic rings. The third kappa shape index (κ3) is 2.71. The van der Waals surface area contributed by atoms with Gasteiger partial charge in [0, 0.05) is 17.5 Å². The van der Waals surface area contributed by atoms with Crippen LogP contribution in [0, 0.1) is 0 Å². The fourth-order valence-corrected chi connectivity index (χ4v) is 1.80. The van der Waals surface area contributed by atoms with E-state index in [1.807, 2.05) is 13.0 Å². The van der Waals surface area contributed by atoms with E-state index >= 15 is 0 Å². The molecule has 1 aromatic carbocycles. The quantitative estimate of drug-likeness (QED) is 0.609. The fraction of sp³-hybridized carbons (Fsp3) is 0.357. The Morgan fingerprint density at radius 3 is 2.79 bits per heavy atom. The molecule has 1 saturated heterocycles. The molecule has 0 spiro atoms. The normalized spacial score (nSPS) is 17.4. The summed E-state index contributed by atoms with van der Waals surface area (Å²) in [4.78, 5) is 11.2. The highest BCUT2D eigenvalue weighted by molar-refractivity contribution is 5.80. The highest BCUT2D eigenvalue weighted by Gasteiger charge is 2.24. The summed E-state index contributed by atoms with van der Waals surface area (Å²) in [5.41, 5.74) is 0.112. The van der Waals surface area contributed by atoms with Gasteiger partial charge < -0.3 is 18.6 Å². The van der Waals surface area contributed by atoms with Gasteiger partial charge in [0.15, 0.2) is 11.5 Å². The largest absolute Gasteiger partial charge is 0.490 e. The van der Waals surface area contributed by atoms with Crippen LogP contribution < -0.4 is 15.1 Å². The van der Waals surface area contributed by atoms with E-state index in [1.54, 1.807) is 12.1 Å². The topological polar surface area (TPSA) is 61.2 Å². The first kappa shape index (κ1) is 12.0. The molecule has 2 heterocycles. The van der Waals surface area contributed by atoms with Gasteiger partial charge in [0.05, 0.1) is 13.2 Å². The van der Waals surface area contributed by atoms with Gasteiger partial charge in [-0.3, -0.25) is 0 Å². The van der Waals surface area contributed by atoms with Crippen molar-refractivity contribution in [2.24, 2.45) is 0 Å². The van der Waals surface area contributed by atoms with Crippen molar-refractivity contribution in [2.45, 2.75) is 13.0 Å². The molecule has 0 radical (unpaired) electrons. The lowest BCUT2D eigenvalue weighted by Gasteiger charge is -2.11. The van der Waals surface area contributed by atoms with E-state index in [4.69, 9.17) is 18.6 Å². The van der Waals surface area contributed by atoms with Crippen LogP contribution in [0.25, 0.3) is 11.0 Å². The molecule has 2 aromatic rings. The number of benzene rings is 1. The first-order valence-corrected chi connectivity index (χ1v) is 6.21. The van der Waals surface area contributed by atoms with E-state index in [0.717, 1.165) is 12.0 Å². The zero-order valence-corrected chi connectivity index (χ0v) is 10.5. The summed E-state index contributed by atoms with van der Waals surface area (Å²) in [7, 11) is 0. The molecule has 0 amide bonds. The Balaban J connectivity index is 1.98. The van der Waals surface area contributed by atoms with Crippen LogP contribution in [0.5, 0.6) is 11.5 Å². The van der Waals surface area contributed by atoms with Crippen LogP contribution in [-0.4, -0.2) is 25.9 Å². The third-order valence-electron chi connectivity index (χ3n) is 2.81. The summed E-state index contributed by atoms with van der Waals surface area (Å²) in [5, 5.41) is 0.801. The van der Waals surface area contributed by atoms with Gasteiger partial charge in [-0.05, 0) is 19.1 Å². The average molecular weight is 262 g/mol. The minimum atomic E-state index is -0.380. The molecular weight excluding hydrogens is 248 g/mol. The Bertz CT molecular complexity index is 642. The van der Waals surface area contributed by atoms with Gasteiger partial charge in [0.1, 0.15) is 18.3 Å². The minimum Gasteiger partial charge on any atom is -0.490 e. The van der Waals surface area contributed by atoms with Crippen molar-refractivity contribution in [1.82, 2.24) is 0 Å². The van der Waals surface area contributed by atoms with Crippen LogP contribution in [0.3, 0.4) is 0 Å². The predicted molar refractivity (Wildman–Crippen MR) is 68.9 cm³/mol. The molecule has 1 fully saturated rings. The van der Waals surface area contributed by atoms with Crippen LogP contribution in [0.2, 0.25) is 0 Å². The summed E-state index contributed by atoms with van der Waals surface area (Å²) in [5.74, 6) is 1.21. The van der Waals surface area contributed by atoms with Gasteiger partial charge in [-0.1, -0.05) is 0 Å². The molecule has 0 saturated carbocycles. The molecule has 19 heavy (non-hydrogen) atoms. The lowest BCUT2D eigenvalue weighted by molar-refractivity contribution is 0.245. The summed E-state index contributed by atoms with van der Waals surface area (Å²) < 4.78 is 21.4. The lowest BCUT2D eigenvalue weighted by Crippen LogP contribution is -2.06. The second-order valence-electron chi connectivity index (χ2n) is 4.29. The summed E-state index contributed by atoms with van der Waals surface area (Å²) >= 11 is 0. The number of hydrogen-bond donors (Lipinski definition) is 0. The van der Waals surface area contributed by atoms with Crippen LogP contribution >= 0.6 is 0 Å². The zero-order chi connectivity index (χ0) is 13.2. The molecule has 1 atom stereocenters. The molecule has 0 aliphatic carbocycles. The van der Waals surface area contributed by atoms with Crippen LogP contribution in [0.1, 0.15) is 6.92 Å². The molecule has 100 valence electrons. The molecule has 1 aromatic heterocycles. The second kappa shape index (κ2) is 4.93. The number of rotatable bonds is 5. The molecule has 0 bridgehead atoms. The van der Waals surface area contributed by atoms with Crippen molar-refractivity contribution in [3.8, 4) is 11.5 Å². The first-order chi connectivity index (χ1) is 9.26. The van der Waals surface area contributed by atoms with Gasteiger partial charge >= 0.3 is 5.63 Å². The van der Waals surface area contributed by atoms with Crippen molar-refractivity contribution in [3.05, 3.63) is 34.7 Å². The van der Waals surface area contributed by atoms with E-state index < -0.39 is 0 Å². The predicted octanol–water partition coefficient (Wildman–Crippen LogP) is 1.97. The monoisotopic (exact) mass is 262 g/mol. The number of hydrogen-bond acceptors (Lipinski definition) is 5. The van der Waals surface area contributed by atoms with E-state index in [9.17, 15) is 4.79 Å². The second-order valence-corrected chi connectivity index (χ2v) is 4.29. The molecule has 5 heteroatoms. The standard InChI is InChI=1S/C14H14O5/c1-2-16-13-6-11-9(3-4-14(15)19-11)5-12(13)18-8-10-7-17-10/h3-6,10H,2,7-8H2,1H3. The van der Waals surface area contributed by atoms with Crippen LogP contribution in [0.4, 0.5) is 0 Å². The molecule has 1 unspecified atom stereocenters. The lowest BCUT2D eigenvalue weighted by atomic mass is 10.2. The molecule has 3 rings (SSSR count). The Kier molecular flexibility index (Phi) is 3.13. The van der Waals surface area contributed by atoms with Gasteiger partial charge in [-0.25, -0.2) is 4.79 Å². The number of fused-ring (bicyclic) bond motifs is 1. The van der Waals surface area contributed by atoms with Crippen LogP contribution in [-0.2, 0) is 4.74 Å². The van der Waals surface area contributed by atoms with Crippen molar-refractivity contribution in [2.75, 3.05) is 19.8 Å². The van der Waals surface area contributed by atoms with Gasteiger partial charge in [0.2, 0.25) is 0 Å². The Morgan fingerprint density at radius 2 is 2.05 bits per heavy atom. The van der Waals surface area contributed by atoms with E-state index in [-0.39, 0.29) is 11.7 Å². The molecule has 5 nitrogen and oxygen atoms in total. The summed E-state index contributed by atoms with van der Waals surface area (Å²) in [6.45, 7) is 3.65. The highest BCUT2D eigenvalue weighted by Crippen LogP contribution is 2.32. The van der Waals surface area contributed by atoms with Crippen LogP contribution in [0.15, 0.2) is 33.5 Å². The molecule has 0 N–H and O–H groups in total. The molecule has 1 aliphatic heterocycles. The van der Waals surface area contributed by atoms with E-state index in [0.29, 0.717) is 30.3 Å². The van der Waals surface area contributed by atoms with E-state index in [2.05, 4.69) is 0 Å². The fourth-order valence-electron chi connectivity index (χ4n) is 1.80. The van der Waals surface area contributed by atoms with Crippen molar-refractivity contribution in [1.29, 1.82) is 0 Å². The highest BCUT2D eigenvalue weighted by atomic mass is 16.6. The maximum Gasteiger partial charge on any atom is 0.336 e. The third-order valence-corrected chi connectivity index (χ3v) is 2.81. The van der Waals surface area contributed by atoms with Gasteiger partial charge in [-0.2, -0.15) is 0 Å². The average Bonchev–Trinajstić information content (AvgIpc) is 3.21. The van der Waals surface area contributed by atoms with Crippen molar-refractivity contribution >= 4 is 11.0 Å². The first-order valence-electron chi connectivity index (χ1n) is 6.21. The van der Waals surface area contributed by atoms with Crippen molar-refractivity contribution in [3.63, 3.8) is 0 Å². The van der Waals surface area contributed by atoms with Gasteiger partial charge in [0.25, 0.3) is 0 Å². The maximum atomic E-state index is 11.2. The minimum absolute atomic E-state index is 0.180. The van der Waals surface area contributed by atoms with Gasteiger partial charge in [-0.15, -0.1) is 0 Å². The Hall–Kier alpha value is -2.01. The van der Waals surface area contributed by atoms with Crippen molar-refractivity contribution < 1.29 is 18.6 Å². The van der Waals surface area contributed by atoms with E-state index in [1.165, 1.54) is 6.07 Å². The number of epoxide rings is 1. The summed E-state index contributed by atoms with van der Waals surface area (Å²) in [6.07, 6.45) is 0.180. The summed E-state index contributed by atoms with van der Waals surface area (Å²) in [6, 6.07) is 6.59. The SMILES string of the molecule is CCOc1cc2oc(=O)ccc2cc1OCC1CO1.